The molecule has 1 aromatic rings. The Kier molecular flexibility index (Phi) is 3.19. The number of benzene rings is 1. The molecule has 0 bridgehead atoms. The van der Waals surface area contributed by atoms with Crippen LogP contribution in [0.5, 0.6) is 0 Å². The number of nitrogen functional groups attached to an aromatic ring is 1. The number of amides is 1. The van der Waals surface area contributed by atoms with Crippen LogP contribution in [-0.4, -0.2) is 30.7 Å². The van der Waals surface area contributed by atoms with E-state index in [1.165, 1.54) is 0 Å². The summed E-state index contributed by atoms with van der Waals surface area (Å²) in [7, 11) is 0. The van der Waals surface area contributed by atoms with Crippen LogP contribution in [0.25, 0.3) is 0 Å². The molecule has 1 amide bonds. The van der Waals surface area contributed by atoms with Crippen LogP contribution in [-0.2, 0) is 0 Å². The van der Waals surface area contributed by atoms with E-state index in [-0.39, 0.29) is 12.5 Å². The number of nitrogens with zero attached hydrogens (tertiary/aromatic N) is 1. The fourth-order valence-electron chi connectivity index (χ4n) is 2.22. The Morgan fingerprint density at radius 2 is 2.29 bits per heavy atom. The molecule has 1 aromatic carbocycles. The predicted octanol–water partition coefficient (Wildman–Crippen LogP) is 0.186. The lowest BCUT2D eigenvalue weighted by Gasteiger charge is -2.21. The molecule has 92 valence electrons. The average molecular weight is 235 g/mol. The van der Waals surface area contributed by atoms with Gasteiger partial charge in [-0.25, -0.2) is 0 Å². The third-order valence-corrected chi connectivity index (χ3v) is 3.17. The topological polar surface area (TPSA) is 92.6 Å². The summed E-state index contributed by atoms with van der Waals surface area (Å²) in [5, 5.41) is 9.12. The predicted molar refractivity (Wildman–Crippen MR) is 66.8 cm³/mol. The van der Waals surface area contributed by atoms with Crippen molar-refractivity contribution in [2.24, 2.45) is 11.7 Å². The molecule has 1 atom stereocenters. The summed E-state index contributed by atoms with van der Waals surface area (Å²) in [6.07, 6.45) is 0.920. The lowest BCUT2D eigenvalue weighted by atomic mass is 10.1. The third-order valence-electron chi connectivity index (χ3n) is 3.17. The Labute approximate surface area is 100 Å². The number of hydrogen-bond donors (Lipinski definition) is 3. The number of hydrogen-bond acceptors (Lipinski definition) is 4. The van der Waals surface area contributed by atoms with Gasteiger partial charge in [0.05, 0.1) is 11.3 Å². The molecular weight excluding hydrogens is 218 g/mol. The standard InChI is InChI=1S/C12H17N3O2/c13-9-1-2-10(12(14)17)11(5-9)15-4-3-8(6-15)7-16/h1-2,5,8,16H,3-4,6-7,13H2,(H2,14,17). The van der Waals surface area contributed by atoms with Crippen molar-refractivity contribution < 1.29 is 9.90 Å². The zero-order chi connectivity index (χ0) is 12.4. The lowest BCUT2D eigenvalue weighted by Crippen LogP contribution is -2.24. The fourth-order valence-corrected chi connectivity index (χ4v) is 2.22. The quantitative estimate of drug-likeness (QED) is 0.652. The Bertz CT molecular complexity index is 434. The van der Waals surface area contributed by atoms with E-state index in [1.807, 2.05) is 0 Å². The molecule has 5 heteroatoms. The highest BCUT2D eigenvalue weighted by molar-refractivity contribution is 5.99. The number of aliphatic hydroxyl groups excluding tert-OH is 1. The summed E-state index contributed by atoms with van der Waals surface area (Å²) < 4.78 is 0. The first-order valence-corrected chi connectivity index (χ1v) is 5.67. The first-order valence-electron chi connectivity index (χ1n) is 5.67. The van der Waals surface area contributed by atoms with E-state index in [0.29, 0.717) is 11.3 Å². The second-order valence-electron chi connectivity index (χ2n) is 4.42. The summed E-state index contributed by atoms with van der Waals surface area (Å²) >= 11 is 0. The maximum Gasteiger partial charge on any atom is 0.250 e. The Morgan fingerprint density at radius 3 is 2.88 bits per heavy atom. The highest BCUT2D eigenvalue weighted by atomic mass is 16.3. The maximum absolute atomic E-state index is 11.3. The molecule has 1 unspecified atom stereocenters. The van der Waals surface area contributed by atoms with Crippen molar-refractivity contribution in [3.63, 3.8) is 0 Å². The molecule has 0 radical (unpaired) electrons. The minimum atomic E-state index is -0.451. The maximum atomic E-state index is 11.3. The van der Waals surface area contributed by atoms with Crippen molar-refractivity contribution in [1.29, 1.82) is 0 Å². The van der Waals surface area contributed by atoms with Crippen LogP contribution in [0.2, 0.25) is 0 Å². The zero-order valence-electron chi connectivity index (χ0n) is 9.60. The summed E-state index contributed by atoms with van der Waals surface area (Å²) in [6, 6.07) is 5.09. The van der Waals surface area contributed by atoms with Crippen LogP contribution < -0.4 is 16.4 Å². The smallest absolute Gasteiger partial charge is 0.250 e. The zero-order valence-corrected chi connectivity index (χ0v) is 9.60. The summed E-state index contributed by atoms with van der Waals surface area (Å²) in [6.45, 7) is 1.72. The number of carbonyl (C=O) groups is 1. The number of aliphatic hydroxyl groups is 1. The van der Waals surface area contributed by atoms with Gasteiger partial charge in [0, 0.05) is 31.3 Å². The van der Waals surface area contributed by atoms with E-state index in [4.69, 9.17) is 16.6 Å². The minimum Gasteiger partial charge on any atom is -0.399 e. The van der Waals surface area contributed by atoms with Gasteiger partial charge in [-0.1, -0.05) is 0 Å². The van der Waals surface area contributed by atoms with Crippen LogP contribution >= 0.6 is 0 Å². The highest BCUT2D eigenvalue weighted by Gasteiger charge is 2.24. The SMILES string of the molecule is NC(=O)c1ccc(N)cc1N1CCC(CO)C1. The van der Waals surface area contributed by atoms with Crippen LogP contribution in [0.15, 0.2) is 18.2 Å². The van der Waals surface area contributed by atoms with Crippen molar-refractivity contribution in [3.05, 3.63) is 23.8 Å². The molecule has 0 aliphatic carbocycles. The molecule has 0 aromatic heterocycles. The normalized spacial score (nSPS) is 19.6. The van der Waals surface area contributed by atoms with Gasteiger partial charge >= 0.3 is 0 Å². The van der Waals surface area contributed by atoms with E-state index in [9.17, 15) is 4.79 Å². The monoisotopic (exact) mass is 235 g/mol. The van der Waals surface area contributed by atoms with Gasteiger partial charge in [0.2, 0.25) is 0 Å². The first kappa shape index (κ1) is 11.7. The molecule has 17 heavy (non-hydrogen) atoms. The van der Waals surface area contributed by atoms with Gasteiger partial charge in [-0.05, 0) is 24.6 Å². The Hall–Kier alpha value is -1.75. The van der Waals surface area contributed by atoms with E-state index in [1.54, 1.807) is 18.2 Å². The molecule has 2 rings (SSSR count). The minimum absolute atomic E-state index is 0.171. The van der Waals surface area contributed by atoms with Gasteiger partial charge in [-0.3, -0.25) is 4.79 Å². The molecule has 1 fully saturated rings. The number of carbonyl (C=O) groups excluding carboxylic acids is 1. The first-order chi connectivity index (χ1) is 8.11. The van der Waals surface area contributed by atoms with Crippen molar-refractivity contribution >= 4 is 17.3 Å². The fraction of sp³-hybridized carbons (Fsp3) is 0.417. The van der Waals surface area contributed by atoms with Gasteiger partial charge in [0.15, 0.2) is 0 Å². The molecule has 1 aliphatic heterocycles. The van der Waals surface area contributed by atoms with E-state index in [0.717, 1.165) is 25.2 Å². The number of nitrogens with two attached hydrogens (primary N) is 2. The van der Waals surface area contributed by atoms with Gasteiger partial charge in [0.1, 0.15) is 0 Å². The molecule has 1 heterocycles. The molecule has 5 N–H and O–H groups in total. The number of rotatable bonds is 3. The van der Waals surface area contributed by atoms with Crippen LogP contribution in [0, 0.1) is 5.92 Å². The van der Waals surface area contributed by atoms with Crippen molar-refractivity contribution in [2.75, 3.05) is 30.3 Å². The van der Waals surface area contributed by atoms with Gasteiger partial charge < -0.3 is 21.5 Å². The van der Waals surface area contributed by atoms with Gasteiger partial charge in [-0.2, -0.15) is 0 Å². The van der Waals surface area contributed by atoms with Gasteiger partial charge in [-0.15, -0.1) is 0 Å². The largest absolute Gasteiger partial charge is 0.399 e. The number of primary amides is 1. The highest BCUT2D eigenvalue weighted by Crippen LogP contribution is 2.28. The second-order valence-corrected chi connectivity index (χ2v) is 4.42. The van der Waals surface area contributed by atoms with E-state index in [2.05, 4.69) is 4.90 Å². The second kappa shape index (κ2) is 4.63. The van der Waals surface area contributed by atoms with E-state index >= 15 is 0 Å². The third kappa shape index (κ3) is 2.34. The van der Waals surface area contributed by atoms with Crippen molar-refractivity contribution in [2.45, 2.75) is 6.42 Å². The van der Waals surface area contributed by atoms with Crippen LogP contribution in [0.1, 0.15) is 16.8 Å². The summed E-state index contributed by atoms with van der Waals surface area (Å²) in [5.41, 5.74) is 12.9. The van der Waals surface area contributed by atoms with Crippen LogP contribution in [0.3, 0.4) is 0 Å². The molecule has 1 aliphatic rings. The van der Waals surface area contributed by atoms with E-state index < -0.39 is 5.91 Å². The Balaban J connectivity index is 2.31. The molecular formula is C12H17N3O2. The molecule has 0 saturated carbocycles. The molecule has 5 nitrogen and oxygen atoms in total. The number of anilines is 2. The van der Waals surface area contributed by atoms with Gasteiger partial charge in [0.25, 0.3) is 5.91 Å². The average Bonchev–Trinajstić information content (AvgIpc) is 2.76. The summed E-state index contributed by atoms with van der Waals surface area (Å²) in [4.78, 5) is 13.4. The van der Waals surface area contributed by atoms with Crippen molar-refractivity contribution in [3.8, 4) is 0 Å². The molecule has 0 spiro atoms. The Morgan fingerprint density at radius 1 is 1.53 bits per heavy atom. The molecule has 1 saturated heterocycles. The van der Waals surface area contributed by atoms with Crippen LogP contribution in [0.4, 0.5) is 11.4 Å². The lowest BCUT2D eigenvalue weighted by molar-refractivity contribution is 0.100. The summed E-state index contributed by atoms with van der Waals surface area (Å²) in [5.74, 6) is -0.190. The van der Waals surface area contributed by atoms with Crippen molar-refractivity contribution in [1.82, 2.24) is 0 Å².